The van der Waals surface area contributed by atoms with Crippen LogP contribution in [-0.4, -0.2) is 26.4 Å². The lowest BCUT2D eigenvalue weighted by molar-refractivity contribution is -0.861. The molecule has 0 spiro atoms. The van der Waals surface area contributed by atoms with E-state index in [0.29, 0.717) is 17.6 Å². The minimum Gasteiger partial charge on any atom is -0.339 e. The molecule has 0 aromatic heterocycles. The van der Waals surface area contributed by atoms with Gasteiger partial charge in [-0.1, -0.05) is 6.42 Å². The predicted molar refractivity (Wildman–Crippen MR) is 58.6 cm³/mol. The first-order valence-electron chi connectivity index (χ1n) is 6.51. The number of carbonyl (C=O) groups excluding carboxylic acids is 1. The molecule has 1 N–H and O–H groups in total. The molecule has 0 aromatic rings. The Hall–Kier alpha value is -0.370. The minimum absolute atomic E-state index is 0.416. The number of hydrogen-bond acceptors (Lipinski definition) is 1. The summed E-state index contributed by atoms with van der Waals surface area (Å²) in [5.41, 5.74) is 0. The summed E-state index contributed by atoms with van der Waals surface area (Å²) in [6.45, 7) is 1.07. The van der Waals surface area contributed by atoms with Crippen molar-refractivity contribution in [1.82, 2.24) is 0 Å². The Labute approximate surface area is 92.0 Å². The molecule has 0 aromatic carbocycles. The quantitative estimate of drug-likeness (QED) is 0.696. The van der Waals surface area contributed by atoms with Gasteiger partial charge in [0.2, 0.25) is 0 Å². The van der Waals surface area contributed by atoms with Crippen molar-refractivity contribution in [2.75, 3.05) is 20.6 Å². The third-order valence-corrected chi connectivity index (χ3v) is 5.09. The molecular formula is C13H22NO+. The van der Waals surface area contributed by atoms with E-state index in [-0.39, 0.29) is 0 Å². The van der Waals surface area contributed by atoms with E-state index in [1.165, 1.54) is 30.6 Å². The van der Waals surface area contributed by atoms with Crippen LogP contribution in [0.15, 0.2) is 0 Å². The van der Waals surface area contributed by atoms with E-state index in [9.17, 15) is 4.79 Å². The molecule has 3 saturated carbocycles. The molecule has 0 aliphatic heterocycles. The number of nitrogens with one attached hydrogen (secondary N) is 1. The van der Waals surface area contributed by atoms with Crippen molar-refractivity contribution in [2.45, 2.75) is 25.7 Å². The third kappa shape index (κ3) is 1.30. The van der Waals surface area contributed by atoms with Crippen LogP contribution in [0.1, 0.15) is 25.7 Å². The van der Waals surface area contributed by atoms with Crippen LogP contribution < -0.4 is 4.90 Å². The maximum absolute atomic E-state index is 12.2. The number of hydrogen-bond donors (Lipinski definition) is 1. The van der Waals surface area contributed by atoms with Crippen molar-refractivity contribution < 1.29 is 9.69 Å². The fourth-order valence-electron chi connectivity index (χ4n) is 4.66. The average Bonchev–Trinajstić information content (AvgIpc) is 2.77. The van der Waals surface area contributed by atoms with E-state index in [1.807, 2.05) is 0 Å². The van der Waals surface area contributed by atoms with E-state index in [4.69, 9.17) is 0 Å². The lowest BCUT2D eigenvalue weighted by Crippen LogP contribution is -3.06. The highest BCUT2D eigenvalue weighted by Crippen LogP contribution is 2.58. The summed E-state index contributed by atoms with van der Waals surface area (Å²) in [6.07, 6.45) is 5.39. The summed E-state index contributed by atoms with van der Waals surface area (Å²) >= 11 is 0. The van der Waals surface area contributed by atoms with Gasteiger partial charge >= 0.3 is 0 Å². The van der Waals surface area contributed by atoms with Crippen molar-refractivity contribution in [3.8, 4) is 0 Å². The number of rotatable bonds is 2. The van der Waals surface area contributed by atoms with Gasteiger partial charge in [0.05, 0.1) is 26.6 Å². The number of carbonyl (C=O) groups is 1. The number of ketones is 1. The molecule has 2 bridgehead atoms. The molecule has 2 heteroatoms. The Morgan fingerprint density at radius 2 is 1.93 bits per heavy atom. The van der Waals surface area contributed by atoms with Gasteiger partial charge in [0, 0.05) is 5.92 Å². The van der Waals surface area contributed by atoms with Crippen LogP contribution >= 0.6 is 0 Å². The van der Waals surface area contributed by atoms with E-state index < -0.39 is 0 Å². The largest absolute Gasteiger partial charge is 0.339 e. The molecule has 0 heterocycles. The molecule has 3 aliphatic rings. The van der Waals surface area contributed by atoms with Crippen LogP contribution in [0.2, 0.25) is 0 Å². The fourth-order valence-corrected chi connectivity index (χ4v) is 4.66. The zero-order valence-corrected chi connectivity index (χ0v) is 9.83. The van der Waals surface area contributed by atoms with Gasteiger partial charge in [-0.05, 0) is 37.0 Å². The summed E-state index contributed by atoms with van der Waals surface area (Å²) in [4.78, 5) is 13.7. The first-order valence-corrected chi connectivity index (χ1v) is 6.51. The van der Waals surface area contributed by atoms with Crippen molar-refractivity contribution >= 4 is 5.78 Å². The molecule has 5 atom stereocenters. The first kappa shape index (κ1) is 9.83. The molecule has 2 nitrogen and oxygen atoms in total. The normalized spacial score (nSPS) is 47.9. The van der Waals surface area contributed by atoms with Crippen LogP contribution in [0.4, 0.5) is 0 Å². The van der Waals surface area contributed by atoms with Crippen molar-refractivity contribution in [2.24, 2.45) is 29.6 Å². The average molecular weight is 208 g/mol. The second-order valence-corrected chi connectivity index (χ2v) is 6.18. The molecule has 3 fully saturated rings. The zero-order valence-electron chi connectivity index (χ0n) is 9.83. The Balaban J connectivity index is 1.81. The van der Waals surface area contributed by atoms with Crippen LogP contribution in [0.5, 0.6) is 0 Å². The van der Waals surface area contributed by atoms with E-state index in [1.54, 1.807) is 0 Å². The van der Waals surface area contributed by atoms with Gasteiger partial charge in [-0.3, -0.25) is 4.79 Å². The van der Waals surface area contributed by atoms with Gasteiger partial charge in [-0.25, -0.2) is 0 Å². The summed E-state index contributed by atoms with van der Waals surface area (Å²) in [7, 11) is 4.34. The van der Waals surface area contributed by atoms with Crippen LogP contribution in [0.25, 0.3) is 0 Å². The van der Waals surface area contributed by atoms with Crippen molar-refractivity contribution in [1.29, 1.82) is 0 Å². The molecule has 3 aliphatic carbocycles. The fraction of sp³-hybridized carbons (Fsp3) is 0.923. The molecule has 0 saturated heterocycles. The summed E-state index contributed by atoms with van der Waals surface area (Å²) in [6, 6.07) is 0. The van der Waals surface area contributed by atoms with Gasteiger partial charge in [0.15, 0.2) is 0 Å². The highest BCUT2D eigenvalue weighted by atomic mass is 16.1. The smallest absolute Gasteiger partial charge is 0.145 e. The number of quaternary nitrogens is 1. The molecule has 3 rings (SSSR count). The molecule has 0 unspecified atom stereocenters. The van der Waals surface area contributed by atoms with Crippen LogP contribution in [-0.2, 0) is 4.79 Å². The first-order chi connectivity index (χ1) is 7.18. The standard InChI is InChI=1S/C13H21NO/c1-14(2)7-12-10-6-11(13(12)15)9-5-3-4-8(9)10/h8-12H,3-7H2,1-2H3/p+1/t8-,9-,10+,11-,12-/m1/s1. The third-order valence-electron chi connectivity index (χ3n) is 5.09. The molecule has 0 amide bonds. The Kier molecular flexibility index (Phi) is 2.17. The maximum atomic E-state index is 12.2. The lowest BCUT2D eigenvalue weighted by Gasteiger charge is -2.30. The topological polar surface area (TPSA) is 21.5 Å². The van der Waals surface area contributed by atoms with Gasteiger partial charge in [0.1, 0.15) is 5.78 Å². The minimum atomic E-state index is 0.416. The molecular weight excluding hydrogens is 186 g/mol. The monoisotopic (exact) mass is 208 g/mol. The summed E-state index contributed by atoms with van der Waals surface area (Å²) in [5.74, 6) is 4.02. The van der Waals surface area contributed by atoms with Gasteiger partial charge in [-0.2, -0.15) is 0 Å². The number of fused-ring (bicyclic) bond motifs is 5. The molecule has 0 radical (unpaired) electrons. The van der Waals surface area contributed by atoms with Gasteiger partial charge < -0.3 is 4.90 Å². The maximum Gasteiger partial charge on any atom is 0.145 e. The Morgan fingerprint density at radius 3 is 2.67 bits per heavy atom. The van der Waals surface area contributed by atoms with E-state index >= 15 is 0 Å². The molecule has 15 heavy (non-hydrogen) atoms. The second kappa shape index (κ2) is 3.31. The van der Waals surface area contributed by atoms with Crippen LogP contribution in [0, 0.1) is 29.6 Å². The molecule has 84 valence electrons. The summed E-state index contributed by atoms with van der Waals surface area (Å²) in [5, 5.41) is 0. The van der Waals surface area contributed by atoms with Crippen LogP contribution in [0.3, 0.4) is 0 Å². The van der Waals surface area contributed by atoms with E-state index in [0.717, 1.165) is 24.3 Å². The van der Waals surface area contributed by atoms with Gasteiger partial charge in [0.25, 0.3) is 0 Å². The Bertz CT molecular complexity index is 286. The second-order valence-electron chi connectivity index (χ2n) is 6.18. The van der Waals surface area contributed by atoms with Crippen molar-refractivity contribution in [3.05, 3.63) is 0 Å². The van der Waals surface area contributed by atoms with Crippen molar-refractivity contribution in [3.63, 3.8) is 0 Å². The SMILES string of the molecule is C[NH+](C)C[C@H]1C(=O)[C@@H]2C[C@H]1[C@@H]1CCC[C@H]12. The zero-order chi connectivity index (χ0) is 10.6. The number of Topliss-reactive ketones (excluding diaryl/α,β-unsaturated/α-hetero) is 1. The predicted octanol–water partition coefficient (Wildman–Crippen LogP) is 0.382. The lowest BCUT2D eigenvalue weighted by atomic mass is 9.75. The summed E-state index contributed by atoms with van der Waals surface area (Å²) < 4.78 is 0. The Morgan fingerprint density at radius 1 is 1.20 bits per heavy atom. The highest BCUT2D eigenvalue weighted by Gasteiger charge is 2.59. The van der Waals surface area contributed by atoms with Gasteiger partial charge in [-0.15, -0.1) is 0 Å². The highest BCUT2D eigenvalue weighted by molar-refractivity contribution is 5.87. The van der Waals surface area contributed by atoms with E-state index in [2.05, 4.69) is 14.1 Å².